The van der Waals surface area contributed by atoms with Crippen LogP contribution in [0.3, 0.4) is 0 Å². The molecule has 2 heteroatoms. The van der Waals surface area contributed by atoms with Crippen molar-refractivity contribution in [2.24, 2.45) is 23.7 Å². The third kappa shape index (κ3) is 5.26. The maximum atomic E-state index is 5.57. The molecule has 42 heavy (non-hydrogen) atoms. The second-order valence-electron chi connectivity index (χ2n) is 14.0. The fourth-order valence-electron chi connectivity index (χ4n) is 8.52. The molecule has 2 saturated carbocycles. The van der Waals surface area contributed by atoms with Crippen molar-refractivity contribution in [2.75, 3.05) is 0 Å². The van der Waals surface area contributed by atoms with Gasteiger partial charge in [0, 0.05) is 34.0 Å². The third-order valence-corrected chi connectivity index (χ3v) is 10.2. The minimum atomic E-state index is 0.489. The molecule has 5 aromatic rings. The van der Waals surface area contributed by atoms with Crippen LogP contribution in [0.25, 0.3) is 44.1 Å². The Labute approximate surface area is 251 Å². The van der Waals surface area contributed by atoms with E-state index >= 15 is 0 Å². The van der Waals surface area contributed by atoms with Crippen molar-refractivity contribution in [3.8, 4) is 22.3 Å². The molecule has 2 aliphatic rings. The average Bonchev–Trinajstić information content (AvgIpc) is 2.99. The normalized spacial score (nSPS) is 26.5. The van der Waals surface area contributed by atoms with Crippen LogP contribution in [0.4, 0.5) is 0 Å². The molecule has 0 N–H and O–H groups in total. The van der Waals surface area contributed by atoms with E-state index in [1.807, 2.05) is 0 Å². The summed E-state index contributed by atoms with van der Waals surface area (Å²) in [5.41, 5.74) is 9.75. The number of rotatable bonds is 4. The lowest BCUT2D eigenvalue weighted by atomic mass is 9.75. The van der Waals surface area contributed by atoms with Gasteiger partial charge in [0.1, 0.15) is 0 Å². The van der Waals surface area contributed by atoms with Gasteiger partial charge in [0.2, 0.25) is 0 Å². The second-order valence-corrected chi connectivity index (χ2v) is 14.0. The van der Waals surface area contributed by atoms with E-state index in [2.05, 4.69) is 113 Å². The Hall–Kier alpha value is -3.52. The summed E-state index contributed by atoms with van der Waals surface area (Å²) in [7, 11) is 0. The molecule has 2 aliphatic carbocycles. The van der Waals surface area contributed by atoms with E-state index in [0.29, 0.717) is 11.8 Å². The van der Waals surface area contributed by atoms with Crippen LogP contribution in [0.2, 0.25) is 0 Å². The molecule has 2 aromatic heterocycles. The average molecular weight is 553 g/mol. The Morgan fingerprint density at radius 3 is 1.17 bits per heavy atom. The van der Waals surface area contributed by atoms with Crippen molar-refractivity contribution < 1.29 is 0 Å². The van der Waals surface area contributed by atoms with Gasteiger partial charge < -0.3 is 0 Å². The van der Waals surface area contributed by atoms with Gasteiger partial charge in [0.05, 0.1) is 11.0 Å². The van der Waals surface area contributed by atoms with E-state index < -0.39 is 0 Å². The highest BCUT2D eigenvalue weighted by atomic mass is 14.8. The highest BCUT2D eigenvalue weighted by molar-refractivity contribution is 6.12. The molecule has 0 aliphatic heterocycles. The minimum Gasteiger partial charge on any atom is -0.250 e. The largest absolute Gasteiger partial charge is 0.250 e. The Bertz CT molecular complexity index is 1560. The Morgan fingerprint density at radius 1 is 0.452 bits per heavy atom. The predicted octanol–water partition coefficient (Wildman–Crippen LogP) is 11.2. The number of aromatic nitrogens is 2. The summed E-state index contributed by atoms with van der Waals surface area (Å²) in [5.74, 6) is 3.90. The number of hydrogen-bond donors (Lipinski definition) is 0. The molecule has 0 amide bonds. The van der Waals surface area contributed by atoms with Crippen molar-refractivity contribution in [3.63, 3.8) is 0 Å². The van der Waals surface area contributed by atoms with Crippen LogP contribution in [0.1, 0.15) is 89.4 Å². The van der Waals surface area contributed by atoms with E-state index in [1.54, 1.807) is 0 Å². The smallest absolute Gasteiger partial charge is 0.0974 e. The molecule has 2 fully saturated rings. The molecule has 4 atom stereocenters. The van der Waals surface area contributed by atoms with Crippen LogP contribution in [0.5, 0.6) is 0 Å². The fraction of sp³-hybridized carbons (Fsp3) is 0.400. The molecular weight excluding hydrogens is 508 g/mol. The summed E-state index contributed by atoms with van der Waals surface area (Å²) in [6, 6.07) is 31.3. The fourth-order valence-corrected chi connectivity index (χ4v) is 8.52. The van der Waals surface area contributed by atoms with E-state index in [1.165, 1.54) is 82.9 Å². The molecule has 2 heterocycles. The maximum Gasteiger partial charge on any atom is 0.0974 e. The lowest BCUT2D eigenvalue weighted by molar-refractivity contribution is 0.265. The molecule has 0 spiro atoms. The van der Waals surface area contributed by atoms with Crippen LogP contribution in [0, 0.1) is 23.7 Å². The maximum absolute atomic E-state index is 5.57. The molecule has 0 radical (unpaired) electrons. The third-order valence-electron chi connectivity index (χ3n) is 10.2. The number of nitrogens with zero attached hydrogens (tertiary/aromatic N) is 2. The van der Waals surface area contributed by atoms with Gasteiger partial charge in [-0.3, -0.25) is 9.97 Å². The summed E-state index contributed by atoms with van der Waals surface area (Å²) in [4.78, 5) is 11.1. The number of fused-ring (bicyclic) bond motifs is 3. The molecule has 7 rings (SSSR count). The van der Waals surface area contributed by atoms with Gasteiger partial charge in [-0.25, -0.2) is 0 Å². The van der Waals surface area contributed by atoms with E-state index in [-0.39, 0.29) is 0 Å². The first-order valence-electron chi connectivity index (χ1n) is 16.3. The van der Waals surface area contributed by atoms with Gasteiger partial charge in [-0.1, -0.05) is 100 Å². The molecule has 0 bridgehead atoms. The topological polar surface area (TPSA) is 25.8 Å². The van der Waals surface area contributed by atoms with Crippen LogP contribution < -0.4 is 0 Å². The molecular formula is C40H44N2. The summed E-state index contributed by atoms with van der Waals surface area (Å²) >= 11 is 0. The Morgan fingerprint density at radius 2 is 0.810 bits per heavy atom. The first-order chi connectivity index (χ1) is 20.4. The molecule has 0 saturated heterocycles. The molecule has 4 unspecified atom stereocenters. The van der Waals surface area contributed by atoms with Crippen LogP contribution in [-0.2, 0) is 0 Å². The molecule has 214 valence electrons. The Balaban J connectivity index is 1.51. The van der Waals surface area contributed by atoms with E-state index in [9.17, 15) is 0 Å². The van der Waals surface area contributed by atoms with Gasteiger partial charge >= 0.3 is 0 Å². The van der Waals surface area contributed by atoms with Gasteiger partial charge in [0.15, 0.2) is 0 Å². The van der Waals surface area contributed by atoms with Crippen molar-refractivity contribution in [1.29, 1.82) is 0 Å². The zero-order valence-corrected chi connectivity index (χ0v) is 25.7. The first kappa shape index (κ1) is 27.3. The monoisotopic (exact) mass is 552 g/mol. The number of pyridine rings is 2. The predicted molar refractivity (Wildman–Crippen MR) is 178 cm³/mol. The quantitative estimate of drug-likeness (QED) is 0.207. The van der Waals surface area contributed by atoms with Crippen molar-refractivity contribution >= 4 is 21.8 Å². The van der Waals surface area contributed by atoms with E-state index in [0.717, 1.165) is 34.7 Å². The first-order valence-corrected chi connectivity index (χ1v) is 16.3. The Kier molecular flexibility index (Phi) is 7.34. The zero-order valence-electron chi connectivity index (χ0n) is 25.7. The van der Waals surface area contributed by atoms with Gasteiger partial charge in [-0.2, -0.15) is 0 Å². The minimum absolute atomic E-state index is 0.489. The zero-order chi connectivity index (χ0) is 28.8. The standard InChI is InChI=1S/C40H44N2/c1-25-17-26(2)20-31(19-25)37-23-35(29-11-7-5-8-12-29)33-15-16-34-36(30-13-9-6-10-14-30)24-38(42-40(34)39(33)41-37)32-21-27(3)18-28(4)22-32/h5-16,23-28,31-32H,17-22H2,1-4H3. The summed E-state index contributed by atoms with van der Waals surface area (Å²) in [5, 5.41) is 2.42. The van der Waals surface area contributed by atoms with Crippen LogP contribution >= 0.6 is 0 Å². The summed E-state index contributed by atoms with van der Waals surface area (Å²) in [6.07, 6.45) is 7.51. The summed E-state index contributed by atoms with van der Waals surface area (Å²) < 4.78 is 0. The van der Waals surface area contributed by atoms with Crippen molar-refractivity contribution in [3.05, 3.63) is 96.3 Å². The van der Waals surface area contributed by atoms with Gasteiger partial charge in [0.25, 0.3) is 0 Å². The molecule has 3 aromatic carbocycles. The van der Waals surface area contributed by atoms with Crippen molar-refractivity contribution in [1.82, 2.24) is 9.97 Å². The van der Waals surface area contributed by atoms with Gasteiger partial charge in [-0.05, 0) is 96.6 Å². The summed E-state index contributed by atoms with van der Waals surface area (Å²) in [6.45, 7) is 9.68. The highest BCUT2D eigenvalue weighted by Crippen LogP contribution is 2.44. The van der Waals surface area contributed by atoms with E-state index in [4.69, 9.17) is 9.97 Å². The lowest BCUT2D eigenvalue weighted by Gasteiger charge is -2.32. The van der Waals surface area contributed by atoms with Crippen molar-refractivity contribution in [2.45, 2.75) is 78.1 Å². The van der Waals surface area contributed by atoms with Crippen LogP contribution in [-0.4, -0.2) is 9.97 Å². The molecule has 2 nitrogen and oxygen atoms in total. The number of benzene rings is 3. The highest BCUT2D eigenvalue weighted by Gasteiger charge is 2.29. The van der Waals surface area contributed by atoms with Gasteiger partial charge in [-0.15, -0.1) is 0 Å². The number of hydrogen-bond acceptors (Lipinski definition) is 2. The van der Waals surface area contributed by atoms with Crippen LogP contribution in [0.15, 0.2) is 84.9 Å². The SMILES string of the molecule is CC1CC(C)CC(c2cc(-c3ccccc3)c3ccc4c(-c5ccccc5)cc(C5CC(C)CC(C)C5)nc4c3n2)C1. The second kappa shape index (κ2) is 11.3. The lowest BCUT2D eigenvalue weighted by Crippen LogP contribution is -2.19.